The zero-order valence-corrected chi connectivity index (χ0v) is 44.9. The molecule has 392 valence electrons. The lowest BCUT2D eigenvalue weighted by molar-refractivity contribution is -0.167. The predicted molar refractivity (Wildman–Crippen MR) is 293 cm³/mol. The van der Waals surface area contributed by atoms with Gasteiger partial charge in [-0.1, -0.05) is 241 Å². The van der Waals surface area contributed by atoms with Gasteiger partial charge < -0.3 is 14.2 Å². The summed E-state index contributed by atoms with van der Waals surface area (Å²) in [6.07, 6.45) is 71.7. The maximum atomic E-state index is 12.9. The molecule has 0 bridgehead atoms. The molecule has 6 heteroatoms. The van der Waals surface area contributed by atoms with Crippen molar-refractivity contribution in [2.24, 2.45) is 0 Å². The van der Waals surface area contributed by atoms with Gasteiger partial charge >= 0.3 is 17.9 Å². The highest BCUT2D eigenvalue weighted by atomic mass is 16.6. The van der Waals surface area contributed by atoms with Gasteiger partial charge in [-0.05, 0) is 96.3 Å². The second kappa shape index (κ2) is 56.4. The van der Waals surface area contributed by atoms with Crippen molar-refractivity contribution in [1.29, 1.82) is 0 Å². The Morgan fingerprint density at radius 1 is 0.324 bits per heavy atom. The van der Waals surface area contributed by atoms with Crippen molar-refractivity contribution in [3.8, 4) is 0 Å². The molecule has 0 amide bonds. The van der Waals surface area contributed by atoms with Gasteiger partial charge in [0.2, 0.25) is 0 Å². The Balaban J connectivity index is 4.43. The topological polar surface area (TPSA) is 78.9 Å². The van der Waals surface area contributed by atoms with Gasteiger partial charge in [0.05, 0.1) is 0 Å². The zero-order chi connectivity index (χ0) is 49.3. The number of rotatable bonds is 52. The molecule has 0 aliphatic heterocycles. The molecule has 0 saturated carbocycles. The first-order valence-corrected chi connectivity index (χ1v) is 29.0. The van der Waals surface area contributed by atoms with Gasteiger partial charge in [0.15, 0.2) is 6.10 Å². The second-order valence-corrected chi connectivity index (χ2v) is 19.2. The summed E-state index contributed by atoms with van der Waals surface area (Å²) < 4.78 is 16.8. The molecule has 6 nitrogen and oxygen atoms in total. The molecule has 0 radical (unpaired) electrons. The third-order valence-electron chi connectivity index (χ3n) is 12.5. The lowest BCUT2D eigenvalue weighted by Crippen LogP contribution is -2.30. The standard InChI is InChI=1S/C62H108O6/c1-4-7-10-13-16-19-22-25-28-30-32-34-37-40-43-46-49-52-55-61(64)67-58-59(57-66-60(63)54-51-48-45-42-39-36-27-24-21-18-15-12-9-6-3)68-62(65)56-53-50-47-44-41-38-35-33-31-29-26-23-20-17-14-11-8-5-2/h9,12,18,21-22,25,28,30,32-35,59H,4-8,10-11,13-17,19-20,23-24,26-27,29,31,36-58H2,1-3H3/b12-9-,21-18-,25-22-,30-28-,34-32-,35-33-. The van der Waals surface area contributed by atoms with E-state index >= 15 is 0 Å². The Morgan fingerprint density at radius 2 is 0.632 bits per heavy atom. The Bertz CT molecular complexity index is 1270. The molecule has 0 aromatic rings. The average molecular weight is 950 g/mol. The molecule has 0 spiro atoms. The number of ether oxygens (including phenoxy) is 3. The van der Waals surface area contributed by atoms with Crippen LogP contribution in [0.3, 0.4) is 0 Å². The van der Waals surface area contributed by atoms with E-state index < -0.39 is 6.10 Å². The van der Waals surface area contributed by atoms with Crippen LogP contribution in [0.5, 0.6) is 0 Å². The van der Waals surface area contributed by atoms with E-state index in [1.54, 1.807) is 0 Å². The Hall–Kier alpha value is -3.15. The van der Waals surface area contributed by atoms with Crippen LogP contribution < -0.4 is 0 Å². The quantitative estimate of drug-likeness (QED) is 0.0199. The van der Waals surface area contributed by atoms with Gasteiger partial charge in [0.1, 0.15) is 13.2 Å². The number of hydrogen-bond acceptors (Lipinski definition) is 6. The molecule has 0 aromatic carbocycles. The molecule has 0 N–H and O–H groups in total. The molecule has 0 aromatic heterocycles. The van der Waals surface area contributed by atoms with Crippen LogP contribution in [-0.4, -0.2) is 37.2 Å². The van der Waals surface area contributed by atoms with E-state index in [1.165, 1.54) is 135 Å². The molecule has 1 atom stereocenters. The summed E-state index contributed by atoms with van der Waals surface area (Å²) in [7, 11) is 0. The molecular formula is C62H108O6. The number of unbranched alkanes of at least 4 members (excludes halogenated alkanes) is 31. The van der Waals surface area contributed by atoms with Crippen molar-refractivity contribution in [3.05, 3.63) is 72.9 Å². The lowest BCUT2D eigenvalue weighted by Gasteiger charge is -2.18. The summed E-state index contributed by atoms with van der Waals surface area (Å²) in [5.41, 5.74) is 0. The van der Waals surface area contributed by atoms with Crippen LogP contribution in [-0.2, 0) is 28.6 Å². The van der Waals surface area contributed by atoms with Crippen LogP contribution in [0.1, 0.15) is 284 Å². The van der Waals surface area contributed by atoms with E-state index in [0.717, 1.165) is 109 Å². The van der Waals surface area contributed by atoms with Crippen LogP contribution >= 0.6 is 0 Å². The van der Waals surface area contributed by atoms with Crippen LogP contribution in [0.4, 0.5) is 0 Å². The largest absolute Gasteiger partial charge is 0.462 e. The van der Waals surface area contributed by atoms with Gasteiger partial charge in [0, 0.05) is 19.3 Å². The first-order valence-electron chi connectivity index (χ1n) is 29.0. The number of carbonyl (C=O) groups excluding carboxylic acids is 3. The van der Waals surface area contributed by atoms with Gasteiger partial charge in [-0.25, -0.2) is 0 Å². The maximum absolute atomic E-state index is 12.9. The monoisotopic (exact) mass is 949 g/mol. The van der Waals surface area contributed by atoms with E-state index in [9.17, 15) is 14.4 Å². The third-order valence-corrected chi connectivity index (χ3v) is 12.5. The van der Waals surface area contributed by atoms with E-state index in [0.29, 0.717) is 19.3 Å². The summed E-state index contributed by atoms with van der Waals surface area (Å²) in [4.78, 5) is 38.2. The molecule has 0 aliphatic carbocycles. The van der Waals surface area contributed by atoms with Crippen LogP contribution in [0.2, 0.25) is 0 Å². The number of esters is 3. The van der Waals surface area contributed by atoms with E-state index in [-0.39, 0.29) is 31.1 Å². The van der Waals surface area contributed by atoms with Crippen LogP contribution in [0.15, 0.2) is 72.9 Å². The third kappa shape index (κ3) is 53.8. The van der Waals surface area contributed by atoms with Gasteiger partial charge in [-0.2, -0.15) is 0 Å². The van der Waals surface area contributed by atoms with E-state index in [1.807, 2.05) is 0 Å². The molecule has 0 rings (SSSR count). The van der Waals surface area contributed by atoms with Gasteiger partial charge in [-0.15, -0.1) is 0 Å². The summed E-state index contributed by atoms with van der Waals surface area (Å²) >= 11 is 0. The fourth-order valence-electron chi connectivity index (χ4n) is 8.12. The fraction of sp³-hybridized carbons (Fsp3) is 0.758. The van der Waals surface area contributed by atoms with Crippen molar-refractivity contribution in [1.82, 2.24) is 0 Å². The molecule has 0 fully saturated rings. The zero-order valence-electron chi connectivity index (χ0n) is 44.9. The maximum Gasteiger partial charge on any atom is 0.306 e. The van der Waals surface area contributed by atoms with Crippen LogP contribution in [0, 0.1) is 0 Å². The fourth-order valence-corrected chi connectivity index (χ4v) is 8.12. The molecule has 1 unspecified atom stereocenters. The summed E-state index contributed by atoms with van der Waals surface area (Å²) in [6, 6.07) is 0. The van der Waals surface area contributed by atoms with Gasteiger partial charge in [0.25, 0.3) is 0 Å². The molecule has 68 heavy (non-hydrogen) atoms. The minimum atomic E-state index is -0.792. The molecule has 0 aliphatic rings. The number of carbonyl (C=O) groups is 3. The smallest absolute Gasteiger partial charge is 0.306 e. The predicted octanol–water partition coefficient (Wildman–Crippen LogP) is 19.4. The second-order valence-electron chi connectivity index (χ2n) is 19.2. The van der Waals surface area contributed by atoms with Crippen molar-refractivity contribution >= 4 is 17.9 Å². The summed E-state index contributed by atoms with van der Waals surface area (Å²) in [5.74, 6) is -0.917. The van der Waals surface area contributed by atoms with Crippen molar-refractivity contribution < 1.29 is 28.6 Å². The normalized spacial score (nSPS) is 12.6. The van der Waals surface area contributed by atoms with E-state index in [4.69, 9.17) is 14.2 Å². The van der Waals surface area contributed by atoms with Gasteiger partial charge in [-0.3, -0.25) is 14.4 Å². The molecular weight excluding hydrogens is 841 g/mol. The van der Waals surface area contributed by atoms with Crippen molar-refractivity contribution in [2.75, 3.05) is 13.2 Å². The first kappa shape index (κ1) is 64.8. The summed E-state index contributed by atoms with van der Waals surface area (Å²) in [6.45, 7) is 6.51. The van der Waals surface area contributed by atoms with Crippen molar-refractivity contribution in [3.63, 3.8) is 0 Å². The van der Waals surface area contributed by atoms with E-state index in [2.05, 4.69) is 93.7 Å². The lowest BCUT2D eigenvalue weighted by atomic mass is 10.1. The SMILES string of the molecule is CC/C=C\C/C=C\CCCCCCCCCC(=O)OCC(COC(=O)CCCCCCC\C=C/C=C\C=C/CCCCCCC)OC(=O)CCCCCCC/C=C\CCCCCCCCCCC. The highest BCUT2D eigenvalue weighted by Crippen LogP contribution is 2.15. The number of hydrogen-bond donors (Lipinski definition) is 0. The minimum absolute atomic E-state index is 0.0893. The summed E-state index contributed by atoms with van der Waals surface area (Å²) in [5, 5.41) is 0. The Morgan fingerprint density at radius 3 is 1.01 bits per heavy atom. The average Bonchev–Trinajstić information content (AvgIpc) is 3.34. The minimum Gasteiger partial charge on any atom is -0.462 e. The first-order chi connectivity index (χ1) is 33.5. The van der Waals surface area contributed by atoms with Crippen molar-refractivity contribution in [2.45, 2.75) is 290 Å². The Kier molecular flexibility index (Phi) is 53.8. The highest BCUT2D eigenvalue weighted by molar-refractivity contribution is 5.71. The Labute approximate surface area is 421 Å². The molecule has 0 saturated heterocycles. The molecule has 0 heterocycles. The van der Waals surface area contributed by atoms with Crippen LogP contribution in [0.25, 0.3) is 0 Å². The highest BCUT2D eigenvalue weighted by Gasteiger charge is 2.19. The number of allylic oxidation sites excluding steroid dienone is 12.